The predicted molar refractivity (Wildman–Crippen MR) is 76.6 cm³/mol. The molecule has 0 aromatic heterocycles. The summed E-state index contributed by atoms with van der Waals surface area (Å²) in [4.78, 5) is 12.3. The van der Waals surface area contributed by atoms with Gasteiger partial charge < -0.3 is 4.74 Å². The maximum Gasteiger partial charge on any atom is 0.330 e. The van der Waals surface area contributed by atoms with Crippen LogP contribution in [0.2, 0.25) is 10.0 Å². The van der Waals surface area contributed by atoms with Gasteiger partial charge in [0.2, 0.25) is 0 Å². The molecule has 1 N–H and O–H groups in total. The number of rotatable bonds is 5. The van der Waals surface area contributed by atoms with Crippen LogP contribution in [0.25, 0.3) is 0 Å². The summed E-state index contributed by atoms with van der Waals surface area (Å²) >= 11 is 11.8. The number of ether oxygens (including phenoxy) is 1. The van der Waals surface area contributed by atoms with Crippen LogP contribution in [-0.4, -0.2) is 18.6 Å². The van der Waals surface area contributed by atoms with Gasteiger partial charge in [-0.05, 0) is 38.8 Å². The Bertz CT molecular complexity index is 534. The van der Waals surface area contributed by atoms with E-state index in [0.717, 1.165) is 12.8 Å². The van der Waals surface area contributed by atoms with E-state index < -0.39 is 17.3 Å². The molecule has 2 rings (SSSR count). The van der Waals surface area contributed by atoms with Crippen LogP contribution < -0.4 is 5.32 Å². The highest BCUT2D eigenvalue weighted by molar-refractivity contribution is 6.35. The summed E-state index contributed by atoms with van der Waals surface area (Å²) in [7, 11) is 0. The molecule has 0 heterocycles. The van der Waals surface area contributed by atoms with E-state index in [1.807, 2.05) is 0 Å². The standard InChI is InChI=1S/C14H16Cl2FNO2/c1-3-20-13(19)14(2,18-8-4-5-8)9-6-12(17)11(16)7-10(9)15/h6-8,18H,3-5H2,1-2H3. The van der Waals surface area contributed by atoms with Crippen LogP contribution in [0, 0.1) is 5.82 Å². The molecule has 6 heteroatoms. The Morgan fingerprint density at radius 1 is 1.45 bits per heavy atom. The van der Waals surface area contributed by atoms with Crippen LogP contribution in [0.1, 0.15) is 32.3 Å². The summed E-state index contributed by atoms with van der Waals surface area (Å²) in [6.07, 6.45) is 1.95. The molecule has 1 saturated carbocycles. The summed E-state index contributed by atoms with van der Waals surface area (Å²) in [5.41, 5.74) is -0.842. The predicted octanol–water partition coefficient (Wildman–Crippen LogP) is 3.66. The van der Waals surface area contributed by atoms with Crippen LogP contribution in [0.5, 0.6) is 0 Å². The Balaban J connectivity index is 2.44. The Morgan fingerprint density at radius 3 is 2.65 bits per heavy atom. The first-order valence-electron chi connectivity index (χ1n) is 6.48. The molecular formula is C14H16Cl2FNO2. The van der Waals surface area contributed by atoms with E-state index in [2.05, 4.69) is 5.32 Å². The van der Waals surface area contributed by atoms with E-state index in [0.29, 0.717) is 5.56 Å². The normalized spacial score (nSPS) is 17.6. The lowest BCUT2D eigenvalue weighted by molar-refractivity contribution is -0.151. The quantitative estimate of drug-likeness (QED) is 0.665. The third-order valence-corrected chi connectivity index (χ3v) is 3.90. The molecule has 110 valence electrons. The van der Waals surface area contributed by atoms with Gasteiger partial charge in [-0.1, -0.05) is 23.2 Å². The summed E-state index contributed by atoms with van der Waals surface area (Å²) in [6, 6.07) is 2.72. The fourth-order valence-electron chi connectivity index (χ4n) is 2.06. The summed E-state index contributed by atoms with van der Waals surface area (Å²) in [6.45, 7) is 3.62. The largest absolute Gasteiger partial charge is 0.464 e. The zero-order chi connectivity index (χ0) is 14.9. The topological polar surface area (TPSA) is 38.3 Å². The lowest BCUT2D eigenvalue weighted by Crippen LogP contribution is -2.49. The van der Waals surface area contributed by atoms with Crippen molar-refractivity contribution in [3.63, 3.8) is 0 Å². The third-order valence-electron chi connectivity index (χ3n) is 3.30. The van der Waals surface area contributed by atoms with E-state index in [9.17, 15) is 9.18 Å². The Morgan fingerprint density at radius 2 is 2.10 bits per heavy atom. The summed E-state index contributed by atoms with van der Waals surface area (Å²) in [5, 5.41) is 3.35. The molecule has 0 amide bonds. The van der Waals surface area contributed by atoms with Crippen LogP contribution in [0.4, 0.5) is 4.39 Å². The van der Waals surface area contributed by atoms with Gasteiger partial charge in [0.15, 0.2) is 0 Å². The number of carbonyl (C=O) groups is 1. The maximum absolute atomic E-state index is 13.7. The van der Waals surface area contributed by atoms with Gasteiger partial charge in [-0.3, -0.25) is 5.32 Å². The number of esters is 1. The molecule has 1 unspecified atom stereocenters. The average molecular weight is 320 g/mol. The summed E-state index contributed by atoms with van der Waals surface area (Å²) < 4.78 is 18.8. The molecule has 0 spiro atoms. The van der Waals surface area contributed by atoms with Crippen molar-refractivity contribution in [3.05, 3.63) is 33.6 Å². The van der Waals surface area contributed by atoms with Crippen LogP contribution >= 0.6 is 23.2 Å². The molecule has 1 aromatic rings. The average Bonchev–Trinajstić information content (AvgIpc) is 3.17. The highest BCUT2D eigenvalue weighted by atomic mass is 35.5. The number of hydrogen-bond donors (Lipinski definition) is 1. The number of benzene rings is 1. The third kappa shape index (κ3) is 3.08. The van der Waals surface area contributed by atoms with Gasteiger partial charge in [-0.25, -0.2) is 9.18 Å². The zero-order valence-corrected chi connectivity index (χ0v) is 12.8. The molecule has 3 nitrogen and oxygen atoms in total. The van der Waals surface area contributed by atoms with Crippen LogP contribution in [-0.2, 0) is 15.1 Å². The Kier molecular flexibility index (Phi) is 4.57. The molecule has 0 bridgehead atoms. The van der Waals surface area contributed by atoms with Crippen LogP contribution in [0.15, 0.2) is 12.1 Å². The minimum atomic E-state index is -1.18. The van der Waals surface area contributed by atoms with Gasteiger partial charge in [0.1, 0.15) is 11.4 Å². The lowest BCUT2D eigenvalue weighted by atomic mass is 9.91. The fraction of sp³-hybridized carbons (Fsp3) is 0.500. The van der Waals surface area contributed by atoms with Gasteiger partial charge in [0.25, 0.3) is 0 Å². The highest BCUT2D eigenvalue weighted by Crippen LogP contribution is 2.35. The molecule has 1 aliphatic carbocycles. The van der Waals surface area contributed by atoms with E-state index in [-0.39, 0.29) is 22.7 Å². The molecule has 1 aliphatic rings. The Labute approximate surface area is 127 Å². The van der Waals surface area contributed by atoms with E-state index in [1.54, 1.807) is 13.8 Å². The number of carbonyl (C=O) groups excluding carboxylic acids is 1. The second-order valence-corrected chi connectivity index (χ2v) is 5.82. The van der Waals surface area contributed by atoms with Crippen molar-refractivity contribution in [1.82, 2.24) is 5.32 Å². The minimum Gasteiger partial charge on any atom is -0.464 e. The monoisotopic (exact) mass is 319 g/mol. The molecular weight excluding hydrogens is 304 g/mol. The van der Waals surface area contributed by atoms with Gasteiger partial charge in [-0.15, -0.1) is 0 Å². The van der Waals surface area contributed by atoms with Crippen molar-refractivity contribution in [3.8, 4) is 0 Å². The van der Waals surface area contributed by atoms with E-state index >= 15 is 0 Å². The molecule has 1 atom stereocenters. The second kappa shape index (κ2) is 5.88. The lowest BCUT2D eigenvalue weighted by Gasteiger charge is -2.30. The number of halogens is 3. The van der Waals surface area contributed by atoms with Crippen molar-refractivity contribution in [2.45, 2.75) is 38.3 Å². The van der Waals surface area contributed by atoms with Crippen molar-refractivity contribution in [2.24, 2.45) is 0 Å². The molecule has 1 fully saturated rings. The van der Waals surface area contributed by atoms with E-state index in [4.69, 9.17) is 27.9 Å². The minimum absolute atomic E-state index is 0.0728. The smallest absolute Gasteiger partial charge is 0.330 e. The number of hydrogen-bond acceptors (Lipinski definition) is 3. The van der Waals surface area contributed by atoms with Gasteiger partial charge in [-0.2, -0.15) is 0 Å². The number of nitrogens with one attached hydrogen (secondary N) is 1. The van der Waals surface area contributed by atoms with Gasteiger partial charge >= 0.3 is 5.97 Å². The molecule has 0 radical (unpaired) electrons. The fourth-order valence-corrected chi connectivity index (χ4v) is 2.64. The van der Waals surface area contributed by atoms with Crippen LogP contribution in [0.3, 0.4) is 0 Å². The molecule has 0 saturated heterocycles. The SMILES string of the molecule is CCOC(=O)C(C)(NC1CC1)c1cc(F)c(Cl)cc1Cl. The molecule has 1 aromatic carbocycles. The maximum atomic E-state index is 13.7. The van der Waals surface area contributed by atoms with Crippen molar-refractivity contribution in [2.75, 3.05) is 6.61 Å². The van der Waals surface area contributed by atoms with Gasteiger partial charge in [0, 0.05) is 16.6 Å². The highest BCUT2D eigenvalue weighted by Gasteiger charge is 2.42. The van der Waals surface area contributed by atoms with Gasteiger partial charge in [0.05, 0.1) is 11.6 Å². The molecule has 0 aliphatic heterocycles. The second-order valence-electron chi connectivity index (χ2n) is 5.01. The van der Waals surface area contributed by atoms with Crippen molar-refractivity contribution < 1.29 is 13.9 Å². The zero-order valence-electron chi connectivity index (χ0n) is 11.3. The van der Waals surface area contributed by atoms with Crippen molar-refractivity contribution >= 4 is 29.2 Å². The Hall–Kier alpha value is -0.840. The first kappa shape index (κ1) is 15.5. The van der Waals surface area contributed by atoms with E-state index in [1.165, 1.54) is 12.1 Å². The molecule has 20 heavy (non-hydrogen) atoms. The summed E-state index contributed by atoms with van der Waals surface area (Å²) in [5.74, 6) is -1.09. The van der Waals surface area contributed by atoms with Crippen molar-refractivity contribution in [1.29, 1.82) is 0 Å². The first-order chi connectivity index (χ1) is 9.38. The first-order valence-corrected chi connectivity index (χ1v) is 7.24.